The molecule has 0 saturated carbocycles. The van der Waals surface area contributed by atoms with Gasteiger partial charge in [0.25, 0.3) is 0 Å². The number of nitrogens with one attached hydrogen (secondary N) is 2. The second kappa shape index (κ2) is 7.31. The van der Waals surface area contributed by atoms with Crippen molar-refractivity contribution < 1.29 is 9.53 Å². The van der Waals surface area contributed by atoms with Crippen molar-refractivity contribution >= 4 is 50.1 Å². The minimum absolute atomic E-state index is 0.616. The number of aryl methyl sites for hydroxylation is 1. The lowest BCUT2D eigenvalue weighted by molar-refractivity contribution is 0.112. The summed E-state index contributed by atoms with van der Waals surface area (Å²) in [5.41, 5.74) is 5.87. The number of hydrogen-bond donors (Lipinski definition) is 2. The largest absolute Gasteiger partial charge is 0.496 e. The van der Waals surface area contributed by atoms with Gasteiger partial charge >= 0.3 is 0 Å². The van der Waals surface area contributed by atoms with E-state index in [1.807, 2.05) is 30.6 Å². The molecule has 0 spiro atoms. The number of aldehydes is 1. The summed E-state index contributed by atoms with van der Waals surface area (Å²) < 4.78 is 5.52. The van der Waals surface area contributed by atoms with Gasteiger partial charge in [0.15, 0.2) is 0 Å². The average Bonchev–Trinajstić information content (AvgIpc) is 3.43. The summed E-state index contributed by atoms with van der Waals surface area (Å²) >= 11 is 1.58. The van der Waals surface area contributed by atoms with Crippen molar-refractivity contribution in [3.63, 3.8) is 0 Å². The molecule has 2 N–H and O–H groups in total. The number of H-pyrrole nitrogens is 1. The molecular formula is C24H19N3O2S. The summed E-state index contributed by atoms with van der Waals surface area (Å²) in [5, 5.41) is 5.81. The zero-order valence-electron chi connectivity index (χ0n) is 16.5. The number of carbonyl (C=O) groups excluding carboxylic acids is 1. The third kappa shape index (κ3) is 3.02. The molecule has 0 aliphatic rings. The molecule has 6 heteroatoms. The molecule has 5 rings (SSSR count). The Kier molecular flexibility index (Phi) is 4.48. The van der Waals surface area contributed by atoms with Gasteiger partial charge in [-0.05, 0) is 61.0 Å². The van der Waals surface area contributed by atoms with Crippen molar-refractivity contribution in [1.82, 2.24) is 9.97 Å². The molecule has 2 aromatic carbocycles. The molecule has 0 saturated heterocycles. The summed E-state index contributed by atoms with van der Waals surface area (Å²) in [4.78, 5) is 21.0. The fourth-order valence-electron chi connectivity index (χ4n) is 3.74. The van der Waals surface area contributed by atoms with Crippen LogP contribution in [0, 0.1) is 6.92 Å². The van der Waals surface area contributed by atoms with Gasteiger partial charge in [0, 0.05) is 50.4 Å². The van der Waals surface area contributed by atoms with Crippen molar-refractivity contribution in [3.05, 3.63) is 72.1 Å². The first-order valence-electron chi connectivity index (χ1n) is 9.54. The smallest absolute Gasteiger partial charge is 0.150 e. The van der Waals surface area contributed by atoms with E-state index in [1.54, 1.807) is 24.5 Å². The number of anilines is 2. The van der Waals surface area contributed by atoms with Gasteiger partial charge in [-0.25, -0.2) is 4.98 Å². The zero-order valence-corrected chi connectivity index (χ0v) is 17.3. The van der Waals surface area contributed by atoms with Gasteiger partial charge in [-0.3, -0.25) is 4.79 Å². The van der Waals surface area contributed by atoms with Crippen molar-refractivity contribution in [2.45, 2.75) is 6.92 Å². The number of pyridine rings is 1. The monoisotopic (exact) mass is 413 g/mol. The van der Waals surface area contributed by atoms with E-state index in [2.05, 4.69) is 46.5 Å². The Bertz CT molecular complexity index is 1400. The van der Waals surface area contributed by atoms with Crippen LogP contribution < -0.4 is 10.1 Å². The van der Waals surface area contributed by atoms with Gasteiger partial charge in [-0.15, -0.1) is 11.3 Å². The maximum Gasteiger partial charge on any atom is 0.150 e. The Balaban J connectivity index is 1.61. The molecule has 148 valence electrons. The van der Waals surface area contributed by atoms with Crippen LogP contribution >= 0.6 is 11.3 Å². The molecule has 30 heavy (non-hydrogen) atoms. The van der Waals surface area contributed by atoms with Crippen LogP contribution in [0.4, 0.5) is 11.4 Å². The van der Waals surface area contributed by atoms with E-state index in [0.29, 0.717) is 5.56 Å². The van der Waals surface area contributed by atoms with E-state index < -0.39 is 0 Å². The highest BCUT2D eigenvalue weighted by Gasteiger charge is 2.14. The Labute approximate surface area is 177 Å². The first-order chi connectivity index (χ1) is 14.7. The molecule has 3 aromatic heterocycles. The Morgan fingerprint density at radius 2 is 1.97 bits per heavy atom. The fourth-order valence-corrected chi connectivity index (χ4v) is 4.78. The van der Waals surface area contributed by atoms with E-state index >= 15 is 0 Å². The summed E-state index contributed by atoms with van der Waals surface area (Å²) in [6.45, 7) is 2.12. The van der Waals surface area contributed by atoms with E-state index in [0.717, 1.165) is 49.6 Å². The number of benzene rings is 2. The maximum absolute atomic E-state index is 11.3. The quantitative estimate of drug-likeness (QED) is 0.331. The van der Waals surface area contributed by atoms with E-state index in [-0.39, 0.29) is 0 Å². The average molecular weight is 414 g/mol. The maximum atomic E-state index is 11.3. The third-order valence-electron chi connectivity index (χ3n) is 5.33. The number of methoxy groups -OCH3 is 1. The highest BCUT2D eigenvalue weighted by atomic mass is 32.1. The molecule has 0 aliphatic carbocycles. The van der Waals surface area contributed by atoms with Crippen LogP contribution in [0.25, 0.3) is 31.6 Å². The normalized spacial score (nSPS) is 11.1. The predicted octanol–water partition coefficient (Wildman–Crippen LogP) is 6.32. The van der Waals surface area contributed by atoms with Crippen LogP contribution in [0.2, 0.25) is 0 Å². The molecule has 0 bridgehead atoms. The lowest BCUT2D eigenvalue weighted by atomic mass is 10.1. The molecule has 0 amide bonds. The molecular weight excluding hydrogens is 394 g/mol. The van der Waals surface area contributed by atoms with Crippen molar-refractivity contribution in [1.29, 1.82) is 0 Å². The molecule has 0 atom stereocenters. The lowest BCUT2D eigenvalue weighted by Gasteiger charge is -2.11. The fraction of sp³-hybridized carbons (Fsp3) is 0.0833. The topological polar surface area (TPSA) is 67.0 Å². The summed E-state index contributed by atoms with van der Waals surface area (Å²) in [7, 11) is 1.64. The van der Waals surface area contributed by atoms with Crippen LogP contribution in [0.5, 0.6) is 5.75 Å². The van der Waals surface area contributed by atoms with E-state index in [4.69, 9.17) is 4.74 Å². The SMILES string of the molecule is COc1ccc(C=O)cc1-c1cc2c(Nc3ccc4[nH]ccc4c3C)ccnc2s1. The minimum Gasteiger partial charge on any atom is -0.496 e. The van der Waals surface area contributed by atoms with E-state index in [9.17, 15) is 4.79 Å². The minimum atomic E-state index is 0.616. The van der Waals surface area contributed by atoms with Gasteiger partial charge in [0.2, 0.25) is 0 Å². The number of thiophene rings is 1. The highest BCUT2D eigenvalue weighted by Crippen LogP contribution is 2.41. The molecule has 3 heterocycles. The summed E-state index contributed by atoms with van der Waals surface area (Å²) in [6, 6.07) is 15.8. The molecule has 0 radical (unpaired) electrons. The molecule has 0 aliphatic heterocycles. The second-order valence-electron chi connectivity index (χ2n) is 7.07. The first kappa shape index (κ1) is 18.4. The van der Waals surface area contributed by atoms with Gasteiger partial charge in [-0.2, -0.15) is 0 Å². The number of hydrogen-bond acceptors (Lipinski definition) is 5. The number of aromatic amines is 1. The molecule has 0 unspecified atom stereocenters. The molecule has 5 aromatic rings. The molecule has 5 nitrogen and oxygen atoms in total. The first-order valence-corrected chi connectivity index (χ1v) is 10.4. The predicted molar refractivity (Wildman–Crippen MR) is 123 cm³/mol. The van der Waals surface area contributed by atoms with Gasteiger partial charge in [-0.1, -0.05) is 0 Å². The van der Waals surface area contributed by atoms with Crippen LogP contribution in [-0.2, 0) is 0 Å². The third-order valence-corrected chi connectivity index (χ3v) is 6.41. The Morgan fingerprint density at radius 3 is 2.80 bits per heavy atom. The standard InChI is InChI=1S/C24H19N3O2S/c1-14-16-7-9-25-20(16)5-4-19(14)27-21-8-10-26-24-17(21)12-23(30-24)18-11-15(13-28)3-6-22(18)29-2/h3-13,25H,1-2H3,(H,26,27). The van der Waals surface area contributed by atoms with Crippen LogP contribution in [0.15, 0.2) is 60.9 Å². The lowest BCUT2D eigenvalue weighted by Crippen LogP contribution is -1.94. The van der Waals surface area contributed by atoms with Crippen LogP contribution in [0.1, 0.15) is 15.9 Å². The van der Waals surface area contributed by atoms with Gasteiger partial charge in [0.1, 0.15) is 16.9 Å². The van der Waals surface area contributed by atoms with Crippen molar-refractivity contribution in [2.24, 2.45) is 0 Å². The second-order valence-corrected chi connectivity index (χ2v) is 8.10. The van der Waals surface area contributed by atoms with Gasteiger partial charge < -0.3 is 15.0 Å². The van der Waals surface area contributed by atoms with Gasteiger partial charge in [0.05, 0.1) is 12.8 Å². The number of nitrogens with zero attached hydrogens (tertiary/aromatic N) is 1. The van der Waals surface area contributed by atoms with Crippen molar-refractivity contribution in [3.8, 4) is 16.2 Å². The number of rotatable bonds is 5. The number of aromatic nitrogens is 2. The number of fused-ring (bicyclic) bond motifs is 2. The summed E-state index contributed by atoms with van der Waals surface area (Å²) in [5.74, 6) is 0.732. The van der Waals surface area contributed by atoms with Crippen molar-refractivity contribution in [2.75, 3.05) is 12.4 Å². The van der Waals surface area contributed by atoms with Crippen LogP contribution in [-0.4, -0.2) is 23.4 Å². The highest BCUT2D eigenvalue weighted by molar-refractivity contribution is 7.22. The van der Waals surface area contributed by atoms with E-state index in [1.165, 1.54) is 10.9 Å². The molecule has 0 fully saturated rings. The Hall–Kier alpha value is -3.64. The number of carbonyl (C=O) groups is 1. The Morgan fingerprint density at radius 1 is 1.07 bits per heavy atom. The summed E-state index contributed by atoms with van der Waals surface area (Å²) in [6.07, 6.45) is 4.62. The van der Waals surface area contributed by atoms with Crippen LogP contribution in [0.3, 0.4) is 0 Å². The zero-order chi connectivity index (χ0) is 20.7. The number of ether oxygens (including phenoxy) is 1.